The summed E-state index contributed by atoms with van der Waals surface area (Å²) < 4.78 is 0. The Morgan fingerprint density at radius 1 is 1.30 bits per heavy atom. The van der Waals surface area contributed by atoms with Crippen LogP contribution in [0.4, 0.5) is 5.69 Å². The highest BCUT2D eigenvalue weighted by molar-refractivity contribution is 6.32. The molecule has 0 saturated heterocycles. The minimum absolute atomic E-state index is 0.283. The normalized spacial score (nSPS) is 10.6. The van der Waals surface area contributed by atoms with E-state index in [0.717, 1.165) is 22.6 Å². The topological polar surface area (TPSA) is 46.6 Å². The third-order valence-corrected chi connectivity index (χ3v) is 3.21. The molecule has 4 nitrogen and oxygen atoms in total. The maximum Gasteiger partial charge on any atom is 0.330 e. The van der Waals surface area contributed by atoms with Crippen molar-refractivity contribution in [2.24, 2.45) is 0 Å². The summed E-state index contributed by atoms with van der Waals surface area (Å²) in [6.45, 7) is 8.73. The summed E-state index contributed by atoms with van der Waals surface area (Å²) >= 11 is 6.32. The van der Waals surface area contributed by atoms with Crippen LogP contribution in [0.3, 0.4) is 0 Å². The molecule has 0 saturated carbocycles. The SMILES string of the molecule is CCc1cc(N(OC(C)=O)C(C)=O)cc(Cl)c1C(C)C. The molecule has 0 radical (unpaired) electrons. The lowest BCUT2D eigenvalue weighted by molar-refractivity contribution is -0.147. The van der Waals surface area contributed by atoms with Crippen molar-refractivity contribution in [2.75, 3.05) is 5.06 Å². The van der Waals surface area contributed by atoms with E-state index in [9.17, 15) is 9.59 Å². The number of aryl methyl sites for hydroxylation is 1. The van der Waals surface area contributed by atoms with Crippen molar-refractivity contribution in [3.63, 3.8) is 0 Å². The Morgan fingerprint density at radius 3 is 2.30 bits per heavy atom. The average molecular weight is 298 g/mol. The van der Waals surface area contributed by atoms with Gasteiger partial charge >= 0.3 is 5.97 Å². The summed E-state index contributed by atoms with van der Waals surface area (Å²) in [6, 6.07) is 3.49. The van der Waals surface area contributed by atoms with Crippen molar-refractivity contribution in [3.05, 3.63) is 28.3 Å². The van der Waals surface area contributed by atoms with E-state index >= 15 is 0 Å². The Morgan fingerprint density at radius 2 is 1.90 bits per heavy atom. The lowest BCUT2D eigenvalue weighted by Crippen LogP contribution is -2.30. The number of hydrogen-bond acceptors (Lipinski definition) is 3. The van der Waals surface area contributed by atoms with Gasteiger partial charge in [0.1, 0.15) is 0 Å². The summed E-state index contributed by atoms with van der Waals surface area (Å²) in [6.07, 6.45) is 0.785. The number of amides is 1. The number of hydrogen-bond donors (Lipinski definition) is 0. The second-order valence-corrected chi connectivity index (χ2v) is 5.31. The van der Waals surface area contributed by atoms with Crippen LogP contribution in [0, 0.1) is 0 Å². The van der Waals surface area contributed by atoms with Crippen molar-refractivity contribution in [1.82, 2.24) is 0 Å². The van der Waals surface area contributed by atoms with Crippen LogP contribution in [-0.2, 0) is 20.8 Å². The number of hydroxylamine groups is 1. The lowest BCUT2D eigenvalue weighted by atomic mass is 9.95. The molecular weight excluding hydrogens is 278 g/mol. The zero-order valence-electron chi connectivity index (χ0n) is 12.5. The van der Waals surface area contributed by atoms with Gasteiger partial charge in [0.15, 0.2) is 0 Å². The number of benzene rings is 1. The predicted molar refractivity (Wildman–Crippen MR) is 79.8 cm³/mol. The van der Waals surface area contributed by atoms with Gasteiger partial charge in [-0.1, -0.05) is 32.4 Å². The van der Waals surface area contributed by atoms with Crippen molar-refractivity contribution in [3.8, 4) is 0 Å². The molecule has 0 unspecified atom stereocenters. The first-order valence-electron chi connectivity index (χ1n) is 6.59. The van der Waals surface area contributed by atoms with Gasteiger partial charge in [0.2, 0.25) is 0 Å². The summed E-state index contributed by atoms with van der Waals surface area (Å²) in [5.41, 5.74) is 2.57. The number of rotatable bonds is 3. The molecule has 0 atom stereocenters. The van der Waals surface area contributed by atoms with E-state index in [2.05, 4.69) is 13.8 Å². The zero-order valence-corrected chi connectivity index (χ0v) is 13.2. The monoisotopic (exact) mass is 297 g/mol. The molecule has 0 aromatic heterocycles. The first kappa shape index (κ1) is 16.5. The minimum atomic E-state index is -0.553. The molecule has 1 aromatic rings. The summed E-state index contributed by atoms with van der Waals surface area (Å²) in [5.74, 6) is -0.649. The third kappa shape index (κ3) is 3.73. The predicted octanol–water partition coefficient (Wildman–Crippen LogP) is 3.86. The van der Waals surface area contributed by atoms with E-state index in [1.54, 1.807) is 6.07 Å². The number of halogens is 1. The number of nitrogens with zero attached hydrogens (tertiary/aromatic N) is 1. The van der Waals surface area contributed by atoms with Crippen LogP contribution in [0.25, 0.3) is 0 Å². The van der Waals surface area contributed by atoms with Gasteiger partial charge in [-0.25, -0.2) is 4.79 Å². The summed E-state index contributed by atoms with van der Waals surface area (Å²) in [5, 5.41) is 1.55. The van der Waals surface area contributed by atoms with Crippen LogP contribution < -0.4 is 5.06 Å². The minimum Gasteiger partial charge on any atom is -0.334 e. The smallest absolute Gasteiger partial charge is 0.330 e. The van der Waals surface area contributed by atoms with Crippen LogP contribution in [0.5, 0.6) is 0 Å². The Balaban J connectivity index is 3.34. The number of carbonyl (C=O) groups excluding carboxylic acids is 2. The highest BCUT2D eigenvalue weighted by Gasteiger charge is 2.19. The van der Waals surface area contributed by atoms with E-state index in [0.29, 0.717) is 10.7 Å². The molecule has 0 bridgehead atoms. The quantitative estimate of drug-likeness (QED) is 0.796. The molecule has 0 N–H and O–H groups in total. The van der Waals surface area contributed by atoms with Crippen LogP contribution in [0.15, 0.2) is 12.1 Å². The number of anilines is 1. The Kier molecular flexibility index (Phi) is 5.57. The highest BCUT2D eigenvalue weighted by Crippen LogP contribution is 2.33. The van der Waals surface area contributed by atoms with Crippen molar-refractivity contribution in [1.29, 1.82) is 0 Å². The van der Waals surface area contributed by atoms with E-state index in [-0.39, 0.29) is 11.8 Å². The Bertz CT molecular complexity index is 526. The molecule has 0 fully saturated rings. The summed E-state index contributed by atoms with van der Waals surface area (Å²) in [7, 11) is 0. The van der Waals surface area contributed by atoms with Gasteiger partial charge < -0.3 is 4.84 Å². The molecule has 0 aliphatic rings. The Labute approximate surface area is 124 Å². The second-order valence-electron chi connectivity index (χ2n) is 4.90. The van der Waals surface area contributed by atoms with Crippen LogP contribution in [0.1, 0.15) is 51.7 Å². The van der Waals surface area contributed by atoms with Crippen LogP contribution in [0.2, 0.25) is 5.02 Å². The molecule has 20 heavy (non-hydrogen) atoms. The zero-order chi connectivity index (χ0) is 15.4. The van der Waals surface area contributed by atoms with Crippen molar-refractivity contribution >= 4 is 29.2 Å². The fourth-order valence-corrected chi connectivity index (χ4v) is 2.59. The molecule has 0 aliphatic heterocycles. The van der Waals surface area contributed by atoms with E-state index in [1.165, 1.54) is 13.8 Å². The van der Waals surface area contributed by atoms with Gasteiger partial charge in [0.05, 0.1) is 5.69 Å². The highest BCUT2D eigenvalue weighted by atomic mass is 35.5. The Hall–Kier alpha value is -1.55. The largest absolute Gasteiger partial charge is 0.334 e. The van der Waals surface area contributed by atoms with Gasteiger partial charge in [-0.2, -0.15) is 0 Å². The van der Waals surface area contributed by atoms with Crippen LogP contribution in [-0.4, -0.2) is 11.9 Å². The molecule has 0 spiro atoms. The first-order chi connectivity index (χ1) is 9.27. The van der Waals surface area contributed by atoms with Gasteiger partial charge in [0, 0.05) is 18.9 Å². The fraction of sp³-hybridized carbons (Fsp3) is 0.467. The number of carbonyl (C=O) groups is 2. The third-order valence-electron chi connectivity index (χ3n) is 2.90. The first-order valence-corrected chi connectivity index (χ1v) is 6.97. The van der Waals surface area contributed by atoms with E-state index < -0.39 is 5.97 Å². The molecule has 5 heteroatoms. The lowest BCUT2D eigenvalue weighted by Gasteiger charge is -2.22. The molecule has 1 aromatic carbocycles. The summed E-state index contributed by atoms with van der Waals surface area (Å²) in [4.78, 5) is 27.7. The maximum absolute atomic E-state index is 11.6. The van der Waals surface area contributed by atoms with Crippen molar-refractivity contribution in [2.45, 2.75) is 47.0 Å². The van der Waals surface area contributed by atoms with Gasteiger partial charge in [-0.15, -0.1) is 5.06 Å². The molecular formula is C15H20ClNO3. The van der Waals surface area contributed by atoms with Gasteiger partial charge in [-0.05, 0) is 35.6 Å². The standard InChI is InChI=1S/C15H20ClNO3/c1-6-12-7-13(8-14(16)15(12)9(2)3)17(10(4)18)20-11(5)19/h7-9H,6H2,1-5H3. The molecule has 0 heterocycles. The van der Waals surface area contributed by atoms with Gasteiger partial charge in [-0.3, -0.25) is 4.79 Å². The maximum atomic E-state index is 11.6. The fourth-order valence-electron chi connectivity index (χ4n) is 2.14. The second kappa shape index (κ2) is 6.75. The van der Waals surface area contributed by atoms with Crippen molar-refractivity contribution < 1.29 is 14.4 Å². The van der Waals surface area contributed by atoms with Gasteiger partial charge in [0.25, 0.3) is 5.91 Å². The van der Waals surface area contributed by atoms with Crippen LogP contribution >= 0.6 is 11.6 Å². The molecule has 110 valence electrons. The molecule has 1 rings (SSSR count). The molecule has 1 amide bonds. The van der Waals surface area contributed by atoms with E-state index in [4.69, 9.17) is 16.4 Å². The average Bonchev–Trinajstić information content (AvgIpc) is 2.33. The molecule has 0 aliphatic carbocycles. The van der Waals surface area contributed by atoms with E-state index in [1.807, 2.05) is 13.0 Å².